The maximum absolute atomic E-state index is 10.3. The van der Waals surface area contributed by atoms with E-state index >= 15 is 0 Å². The van der Waals surface area contributed by atoms with Crippen molar-refractivity contribution >= 4 is 0 Å². The summed E-state index contributed by atoms with van der Waals surface area (Å²) in [5.41, 5.74) is -0.598. The van der Waals surface area contributed by atoms with Gasteiger partial charge in [0.25, 0.3) is 0 Å². The van der Waals surface area contributed by atoms with Crippen LogP contribution in [-0.2, 0) is 9.47 Å². The van der Waals surface area contributed by atoms with Crippen molar-refractivity contribution in [3.8, 4) is 0 Å². The summed E-state index contributed by atoms with van der Waals surface area (Å²) in [6.45, 7) is 6.95. The van der Waals surface area contributed by atoms with Gasteiger partial charge in [0.1, 0.15) is 0 Å². The normalized spacial score (nSPS) is 22.3. The van der Waals surface area contributed by atoms with Crippen LogP contribution in [0.3, 0.4) is 0 Å². The Morgan fingerprint density at radius 1 is 1.38 bits per heavy atom. The molecule has 96 valence electrons. The van der Waals surface area contributed by atoms with Gasteiger partial charge in [-0.05, 0) is 5.92 Å². The molecule has 0 amide bonds. The summed E-state index contributed by atoms with van der Waals surface area (Å²) < 4.78 is 10.4. The van der Waals surface area contributed by atoms with E-state index in [2.05, 4.69) is 19.2 Å². The van der Waals surface area contributed by atoms with Crippen LogP contribution in [-0.4, -0.2) is 50.2 Å². The summed E-state index contributed by atoms with van der Waals surface area (Å²) >= 11 is 0. The van der Waals surface area contributed by atoms with Gasteiger partial charge in [0, 0.05) is 45.8 Å². The average Bonchev–Trinajstić information content (AvgIpc) is 2.25. The molecular formula is C12H25NO3. The summed E-state index contributed by atoms with van der Waals surface area (Å²) in [4.78, 5) is 0. The van der Waals surface area contributed by atoms with Gasteiger partial charge < -0.3 is 19.9 Å². The van der Waals surface area contributed by atoms with Crippen molar-refractivity contribution in [1.29, 1.82) is 0 Å². The second-order valence-electron chi connectivity index (χ2n) is 5.02. The summed E-state index contributed by atoms with van der Waals surface area (Å²) in [6.07, 6.45) is 1.44. The lowest BCUT2D eigenvalue weighted by Crippen LogP contribution is -2.50. The second kappa shape index (κ2) is 6.55. The molecule has 0 aliphatic carbocycles. The molecule has 0 bridgehead atoms. The first kappa shape index (κ1) is 13.9. The van der Waals surface area contributed by atoms with E-state index in [0.717, 1.165) is 12.8 Å². The third kappa shape index (κ3) is 4.37. The molecule has 1 heterocycles. The number of methoxy groups -OCH3 is 1. The standard InChI is InChI=1S/C12H25NO3/c1-10(2)11(8-15-3)13-9-12(14)4-6-16-7-5-12/h10-11,13-14H,4-9H2,1-3H3. The first-order valence-electron chi connectivity index (χ1n) is 6.10. The minimum atomic E-state index is -0.598. The van der Waals surface area contributed by atoms with E-state index in [1.54, 1.807) is 7.11 Å². The number of hydrogen-bond donors (Lipinski definition) is 2. The highest BCUT2D eigenvalue weighted by atomic mass is 16.5. The highest BCUT2D eigenvalue weighted by molar-refractivity contribution is 4.85. The van der Waals surface area contributed by atoms with Crippen molar-refractivity contribution < 1.29 is 14.6 Å². The Kier molecular flexibility index (Phi) is 5.69. The summed E-state index contributed by atoms with van der Waals surface area (Å²) in [6, 6.07) is 0.303. The quantitative estimate of drug-likeness (QED) is 0.709. The molecule has 1 saturated heterocycles. The Hall–Kier alpha value is -0.160. The molecule has 1 atom stereocenters. The van der Waals surface area contributed by atoms with E-state index in [0.29, 0.717) is 38.3 Å². The highest BCUT2D eigenvalue weighted by Crippen LogP contribution is 2.19. The molecule has 0 aromatic heterocycles. The zero-order valence-corrected chi connectivity index (χ0v) is 10.7. The Bertz CT molecular complexity index is 191. The van der Waals surface area contributed by atoms with Gasteiger partial charge in [0.05, 0.1) is 12.2 Å². The fourth-order valence-electron chi connectivity index (χ4n) is 1.92. The zero-order valence-electron chi connectivity index (χ0n) is 10.7. The number of rotatable bonds is 6. The molecule has 0 saturated carbocycles. The second-order valence-corrected chi connectivity index (χ2v) is 5.02. The molecule has 16 heavy (non-hydrogen) atoms. The predicted octanol–water partition coefficient (Wildman–Crippen LogP) is 0.788. The van der Waals surface area contributed by atoms with Crippen LogP contribution in [0.1, 0.15) is 26.7 Å². The first-order chi connectivity index (χ1) is 7.57. The smallest absolute Gasteiger partial charge is 0.0815 e. The van der Waals surface area contributed by atoms with Crippen molar-refractivity contribution in [2.75, 3.05) is 33.5 Å². The van der Waals surface area contributed by atoms with Crippen LogP contribution >= 0.6 is 0 Å². The molecule has 1 aliphatic rings. The van der Waals surface area contributed by atoms with Crippen LogP contribution in [0.15, 0.2) is 0 Å². The van der Waals surface area contributed by atoms with Crippen LogP contribution < -0.4 is 5.32 Å². The Morgan fingerprint density at radius 3 is 2.50 bits per heavy atom. The van der Waals surface area contributed by atoms with Gasteiger partial charge in [-0.1, -0.05) is 13.8 Å². The van der Waals surface area contributed by atoms with Crippen molar-refractivity contribution in [3.63, 3.8) is 0 Å². The fourth-order valence-corrected chi connectivity index (χ4v) is 1.92. The monoisotopic (exact) mass is 231 g/mol. The molecule has 2 N–H and O–H groups in total. The van der Waals surface area contributed by atoms with Gasteiger partial charge in [-0.3, -0.25) is 0 Å². The van der Waals surface area contributed by atoms with Crippen LogP contribution in [0.25, 0.3) is 0 Å². The fraction of sp³-hybridized carbons (Fsp3) is 1.00. The molecule has 4 heteroatoms. The highest BCUT2D eigenvalue weighted by Gasteiger charge is 2.30. The van der Waals surface area contributed by atoms with Gasteiger partial charge in [-0.15, -0.1) is 0 Å². The van der Waals surface area contributed by atoms with Gasteiger partial charge in [-0.2, -0.15) is 0 Å². The first-order valence-corrected chi connectivity index (χ1v) is 6.10. The lowest BCUT2D eigenvalue weighted by molar-refractivity contribution is -0.0643. The molecule has 0 spiro atoms. The average molecular weight is 231 g/mol. The van der Waals surface area contributed by atoms with Crippen LogP contribution in [0.2, 0.25) is 0 Å². The Morgan fingerprint density at radius 2 is 2.00 bits per heavy atom. The van der Waals surface area contributed by atoms with Crippen molar-refractivity contribution in [2.24, 2.45) is 5.92 Å². The number of nitrogens with one attached hydrogen (secondary N) is 1. The third-order valence-corrected chi connectivity index (χ3v) is 3.27. The maximum Gasteiger partial charge on any atom is 0.0815 e. The lowest BCUT2D eigenvalue weighted by atomic mass is 9.93. The SMILES string of the molecule is COCC(NCC1(O)CCOCC1)C(C)C. The van der Waals surface area contributed by atoms with Crippen molar-refractivity contribution in [2.45, 2.75) is 38.3 Å². The van der Waals surface area contributed by atoms with E-state index in [9.17, 15) is 5.11 Å². The van der Waals surface area contributed by atoms with E-state index in [1.165, 1.54) is 0 Å². The molecular weight excluding hydrogens is 206 g/mol. The zero-order chi connectivity index (χ0) is 12.0. The van der Waals surface area contributed by atoms with E-state index in [-0.39, 0.29) is 0 Å². The van der Waals surface area contributed by atoms with Crippen LogP contribution in [0.4, 0.5) is 0 Å². The Balaban J connectivity index is 2.35. The van der Waals surface area contributed by atoms with Crippen LogP contribution in [0, 0.1) is 5.92 Å². The summed E-state index contributed by atoms with van der Waals surface area (Å²) in [5.74, 6) is 0.503. The van der Waals surface area contributed by atoms with E-state index < -0.39 is 5.60 Å². The molecule has 4 nitrogen and oxygen atoms in total. The predicted molar refractivity (Wildman–Crippen MR) is 63.5 cm³/mol. The number of hydrogen-bond acceptors (Lipinski definition) is 4. The third-order valence-electron chi connectivity index (χ3n) is 3.27. The van der Waals surface area contributed by atoms with Crippen molar-refractivity contribution in [3.05, 3.63) is 0 Å². The van der Waals surface area contributed by atoms with Crippen molar-refractivity contribution in [1.82, 2.24) is 5.32 Å². The largest absolute Gasteiger partial charge is 0.388 e. The maximum atomic E-state index is 10.3. The number of ether oxygens (including phenoxy) is 2. The topological polar surface area (TPSA) is 50.7 Å². The molecule has 1 rings (SSSR count). The van der Waals surface area contributed by atoms with E-state index in [4.69, 9.17) is 9.47 Å². The molecule has 0 aromatic rings. The number of aliphatic hydroxyl groups is 1. The summed E-state index contributed by atoms with van der Waals surface area (Å²) in [7, 11) is 1.71. The molecule has 1 fully saturated rings. The minimum absolute atomic E-state index is 0.303. The lowest BCUT2D eigenvalue weighted by Gasteiger charge is -2.34. The molecule has 1 unspecified atom stereocenters. The van der Waals surface area contributed by atoms with Gasteiger partial charge in [-0.25, -0.2) is 0 Å². The minimum Gasteiger partial charge on any atom is -0.388 e. The Labute approximate surface area is 98.3 Å². The van der Waals surface area contributed by atoms with Crippen LogP contribution in [0.5, 0.6) is 0 Å². The van der Waals surface area contributed by atoms with Gasteiger partial charge in [0.15, 0.2) is 0 Å². The molecule has 0 aromatic carbocycles. The van der Waals surface area contributed by atoms with E-state index in [1.807, 2.05) is 0 Å². The van der Waals surface area contributed by atoms with Gasteiger partial charge >= 0.3 is 0 Å². The van der Waals surface area contributed by atoms with Gasteiger partial charge in [0.2, 0.25) is 0 Å². The molecule has 0 radical (unpaired) electrons. The molecule has 1 aliphatic heterocycles. The summed E-state index contributed by atoms with van der Waals surface area (Å²) in [5, 5.41) is 13.7.